The molecule has 110 valence electrons. The fraction of sp³-hybridized carbons (Fsp3) is 0.500. The van der Waals surface area contributed by atoms with E-state index < -0.39 is 0 Å². The van der Waals surface area contributed by atoms with E-state index in [0.717, 1.165) is 25.7 Å². The molecule has 1 atom stereocenters. The Kier molecular flexibility index (Phi) is 6.93. The molecule has 1 unspecified atom stereocenters. The minimum absolute atomic E-state index is 0.263. The molecule has 1 fully saturated rings. The van der Waals surface area contributed by atoms with E-state index in [-0.39, 0.29) is 6.04 Å². The van der Waals surface area contributed by atoms with E-state index in [1.54, 1.807) is 0 Å². The average Bonchev–Trinajstić information content (AvgIpc) is 2.56. The second-order valence-electron chi connectivity index (χ2n) is 5.64. The van der Waals surface area contributed by atoms with Crippen LogP contribution in [0.5, 0.6) is 0 Å². The number of benzene rings is 1. The second-order valence-corrected chi connectivity index (χ2v) is 5.64. The summed E-state index contributed by atoms with van der Waals surface area (Å²) in [6, 6.07) is 11.0. The molecule has 0 spiro atoms. The fourth-order valence-corrected chi connectivity index (χ4v) is 2.81. The molecule has 1 aliphatic rings. The zero-order chi connectivity index (χ0) is 14.8. The van der Waals surface area contributed by atoms with Gasteiger partial charge in [0.25, 0.3) is 0 Å². The Bertz CT molecular complexity index is 494. The summed E-state index contributed by atoms with van der Waals surface area (Å²) in [5, 5.41) is 0. The van der Waals surface area contributed by atoms with Crippen LogP contribution >= 0.6 is 0 Å². The molecule has 0 aliphatic carbocycles. The van der Waals surface area contributed by atoms with Crippen LogP contribution in [0.15, 0.2) is 30.3 Å². The molecule has 2 rings (SSSR count). The van der Waals surface area contributed by atoms with Crippen LogP contribution in [0.1, 0.15) is 56.6 Å². The van der Waals surface area contributed by atoms with Crippen molar-refractivity contribution in [2.75, 3.05) is 13.1 Å². The molecule has 1 nitrogen and oxygen atoms in total. The minimum atomic E-state index is 0.263. The zero-order valence-corrected chi connectivity index (χ0v) is 12.9. The van der Waals surface area contributed by atoms with Crippen LogP contribution in [0.25, 0.3) is 0 Å². The monoisotopic (exact) mass is 279 g/mol. The van der Waals surface area contributed by atoms with Gasteiger partial charge in [0.05, 0.1) is 6.04 Å². The standard InChI is InChI=1S/C20H25N/c1-2-3-4-5-6-11-16-20(19-14-9-7-10-15-19)21-17-12-8-13-18-21/h1,7,9-10,14-15,20H,3-6,8,12-13,17-18H2. The Hall–Kier alpha value is -1.70. The van der Waals surface area contributed by atoms with Gasteiger partial charge in [0.1, 0.15) is 0 Å². The van der Waals surface area contributed by atoms with Crippen LogP contribution in [-0.4, -0.2) is 18.0 Å². The largest absolute Gasteiger partial charge is 0.286 e. The molecule has 0 aromatic heterocycles. The number of hydrogen-bond donors (Lipinski definition) is 0. The van der Waals surface area contributed by atoms with Gasteiger partial charge >= 0.3 is 0 Å². The van der Waals surface area contributed by atoms with E-state index >= 15 is 0 Å². The number of terminal acetylenes is 1. The predicted octanol–water partition coefficient (Wildman–Crippen LogP) is 4.41. The molecular formula is C20H25N. The van der Waals surface area contributed by atoms with Crippen LogP contribution < -0.4 is 0 Å². The van der Waals surface area contributed by atoms with Crippen molar-refractivity contribution in [1.82, 2.24) is 4.90 Å². The molecule has 1 heteroatoms. The normalized spacial score (nSPS) is 16.5. The first-order valence-electron chi connectivity index (χ1n) is 8.12. The van der Waals surface area contributed by atoms with Crippen LogP contribution in [0.4, 0.5) is 0 Å². The lowest BCUT2D eigenvalue weighted by atomic mass is 10.0. The van der Waals surface area contributed by atoms with Crippen LogP contribution in [0, 0.1) is 24.2 Å². The third-order valence-electron chi connectivity index (χ3n) is 3.98. The van der Waals surface area contributed by atoms with Gasteiger partial charge in [-0.05, 0) is 44.3 Å². The maximum absolute atomic E-state index is 5.27. The number of nitrogens with zero attached hydrogens (tertiary/aromatic N) is 1. The summed E-state index contributed by atoms with van der Waals surface area (Å²) in [6.45, 7) is 2.34. The molecule has 1 aromatic carbocycles. The van der Waals surface area contributed by atoms with E-state index in [1.165, 1.54) is 37.9 Å². The van der Waals surface area contributed by atoms with Crippen molar-refractivity contribution >= 4 is 0 Å². The first kappa shape index (κ1) is 15.7. The first-order valence-corrected chi connectivity index (χ1v) is 8.12. The van der Waals surface area contributed by atoms with Crippen LogP contribution in [0.3, 0.4) is 0 Å². The minimum Gasteiger partial charge on any atom is -0.286 e. The van der Waals surface area contributed by atoms with E-state index in [4.69, 9.17) is 6.42 Å². The van der Waals surface area contributed by atoms with Crippen molar-refractivity contribution < 1.29 is 0 Å². The van der Waals surface area contributed by atoms with Crippen molar-refractivity contribution in [3.63, 3.8) is 0 Å². The van der Waals surface area contributed by atoms with Crippen LogP contribution in [-0.2, 0) is 0 Å². The van der Waals surface area contributed by atoms with Gasteiger partial charge < -0.3 is 0 Å². The van der Waals surface area contributed by atoms with Gasteiger partial charge in [-0.25, -0.2) is 0 Å². The molecule has 21 heavy (non-hydrogen) atoms. The molecular weight excluding hydrogens is 254 g/mol. The third-order valence-corrected chi connectivity index (χ3v) is 3.98. The summed E-state index contributed by atoms with van der Waals surface area (Å²) in [7, 11) is 0. The highest BCUT2D eigenvalue weighted by Gasteiger charge is 2.19. The first-order chi connectivity index (χ1) is 10.4. The number of likely N-dealkylation sites (tertiary alicyclic amines) is 1. The van der Waals surface area contributed by atoms with Crippen molar-refractivity contribution in [2.45, 2.75) is 51.0 Å². The maximum Gasteiger partial charge on any atom is 0.0970 e. The van der Waals surface area contributed by atoms with Gasteiger partial charge in [0.15, 0.2) is 0 Å². The van der Waals surface area contributed by atoms with E-state index in [1.807, 2.05) is 0 Å². The summed E-state index contributed by atoms with van der Waals surface area (Å²) >= 11 is 0. The van der Waals surface area contributed by atoms with Crippen molar-refractivity contribution in [1.29, 1.82) is 0 Å². The highest BCUT2D eigenvalue weighted by atomic mass is 15.2. The molecule has 0 radical (unpaired) electrons. The SMILES string of the molecule is C#CCCCCC#CC(c1ccccc1)N1CCCCC1. The Balaban J connectivity index is 1.99. The number of rotatable bonds is 5. The van der Waals surface area contributed by atoms with Gasteiger partial charge in [-0.1, -0.05) is 42.7 Å². The summed E-state index contributed by atoms with van der Waals surface area (Å²) in [6.07, 6.45) is 13.3. The van der Waals surface area contributed by atoms with Gasteiger partial charge in [-0.2, -0.15) is 0 Å². The van der Waals surface area contributed by atoms with E-state index in [2.05, 4.69) is 53.0 Å². The lowest BCUT2D eigenvalue weighted by Crippen LogP contribution is -2.33. The summed E-state index contributed by atoms with van der Waals surface area (Å²) in [5.74, 6) is 9.58. The van der Waals surface area contributed by atoms with Crippen molar-refractivity contribution in [2.24, 2.45) is 0 Å². The molecule has 0 saturated carbocycles. The highest BCUT2D eigenvalue weighted by Crippen LogP contribution is 2.23. The number of unbranched alkanes of at least 4 members (excludes halogenated alkanes) is 3. The topological polar surface area (TPSA) is 3.24 Å². The Morgan fingerprint density at radius 1 is 1.00 bits per heavy atom. The number of hydrogen-bond acceptors (Lipinski definition) is 1. The third kappa shape index (κ3) is 5.30. The number of piperidine rings is 1. The summed E-state index contributed by atoms with van der Waals surface area (Å²) < 4.78 is 0. The van der Waals surface area contributed by atoms with E-state index in [0.29, 0.717) is 0 Å². The lowest BCUT2D eigenvalue weighted by Gasteiger charge is -2.31. The van der Waals surface area contributed by atoms with Gasteiger partial charge in [0.2, 0.25) is 0 Å². The quantitative estimate of drug-likeness (QED) is 0.570. The Morgan fingerprint density at radius 3 is 2.43 bits per heavy atom. The summed E-state index contributed by atoms with van der Waals surface area (Å²) in [4.78, 5) is 2.53. The Labute approximate surface area is 129 Å². The maximum atomic E-state index is 5.27. The van der Waals surface area contributed by atoms with Gasteiger partial charge in [-0.15, -0.1) is 18.3 Å². The fourth-order valence-electron chi connectivity index (χ4n) is 2.81. The molecule has 1 aliphatic heterocycles. The van der Waals surface area contributed by atoms with Gasteiger partial charge in [0, 0.05) is 12.8 Å². The van der Waals surface area contributed by atoms with Crippen LogP contribution in [0.2, 0.25) is 0 Å². The zero-order valence-electron chi connectivity index (χ0n) is 12.9. The van der Waals surface area contributed by atoms with E-state index in [9.17, 15) is 0 Å². The van der Waals surface area contributed by atoms with Crippen molar-refractivity contribution in [3.8, 4) is 24.2 Å². The second kappa shape index (κ2) is 9.28. The molecule has 0 amide bonds. The Morgan fingerprint density at radius 2 is 1.71 bits per heavy atom. The highest BCUT2D eigenvalue weighted by molar-refractivity contribution is 5.27. The lowest BCUT2D eigenvalue weighted by molar-refractivity contribution is 0.197. The average molecular weight is 279 g/mol. The molecule has 1 aromatic rings. The molecule has 1 saturated heterocycles. The predicted molar refractivity (Wildman–Crippen MR) is 89.7 cm³/mol. The molecule has 0 bridgehead atoms. The van der Waals surface area contributed by atoms with Crippen molar-refractivity contribution in [3.05, 3.63) is 35.9 Å². The smallest absolute Gasteiger partial charge is 0.0970 e. The summed E-state index contributed by atoms with van der Waals surface area (Å²) in [5.41, 5.74) is 1.33. The molecule has 1 heterocycles. The van der Waals surface area contributed by atoms with Gasteiger partial charge in [-0.3, -0.25) is 4.90 Å². The molecule has 0 N–H and O–H groups in total.